The lowest BCUT2D eigenvalue weighted by Crippen LogP contribution is -2.12. The summed E-state index contributed by atoms with van der Waals surface area (Å²) in [4.78, 5) is 15.7. The maximum atomic E-state index is 13.2. The Hall–Kier alpha value is -2.70. The smallest absolute Gasteiger partial charge is 0.276 e. The molecule has 0 saturated heterocycles. The topological polar surface area (TPSA) is 85.3 Å². The van der Waals surface area contributed by atoms with Crippen molar-refractivity contribution in [3.05, 3.63) is 52.3 Å². The molecule has 0 aliphatic heterocycles. The van der Waals surface area contributed by atoms with Gasteiger partial charge in [-0.1, -0.05) is 6.07 Å². The van der Waals surface area contributed by atoms with E-state index in [-0.39, 0.29) is 17.3 Å². The number of aromatic nitrogens is 1. The van der Waals surface area contributed by atoms with Crippen LogP contribution in [0.2, 0.25) is 0 Å². The Bertz CT molecular complexity index is 633. The normalized spacial score (nSPS) is 10.2. The Morgan fingerprint density at radius 3 is 2.74 bits per heavy atom. The third-order valence-corrected chi connectivity index (χ3v) is 2.57. The fourth-order valence-electron chi connectivity index (χ4n) is 1.62. The molecule has 0 spiro atoms. The minimum atomic E-state index is -0.555. The quantitative estimate of drug-likeness (QED) is 0.678. The molecule has 1 heterocycles. The SMILES string of the molecule is CN(c1cccc(F)c1)c1cc([N+](=O)[O-])cc(N)n1. The summed E-state index contributed by atoms with van der Waals surface area (Å²) >= 11 is 0. The predicted octanol–water partition coefficient (Wildman–Crippen LogP) is 2.48. The van der Waals surface area contributed by atoms with Crippen LogP contribution in [0.15, 0.2) is 36.4 Å². The zero-order valence-corrected chi connectivity index (χ0v) is 10.1. The Balaban J connectivity index is 2.43. The summed E-state index contributed by atoms with van der Waals surface area (Å²) in [6.45, 7) is 0. The Morgan fingerprint density at radius 1 is 1.37 bits per heavy atom. The van der Waals surface area contributed by atoms with Crippen molar-refractivity contribution in [1.82, 2.24) is 4.98 Å². The van der Waals surface area contributed by atoms with E-state index in [1.165, 1.54) is 29.2 Å². The molecule has 2 N–H and O–H groups in total. The zero-order valence-electron chi connectivity index (χ0n) is 10.1. The second kappa shape index (κ2) is 4.89. The molecule has 0 fully saturated rings. The number of nitrogens with zero attached hydrogens (tertiary/aromatic N) is 3. The molecular formula is C12H11FN4O2. The molecule has 0 aliphatic carbocycles. The number of benzene rings is 1. The van der Waals surface area contributed by atoms with E-state index in [0.717, 1.165) is 0 Å². The summed E-state index contributed by atoms with van der Waals surface area (Å²) in [5.41, 5.74) is 5.89. The van der Waals surface area contributed by atoms with Crippen molar-refractivity contribution < 1.29 is 9.31 Å². The van der Waals surface area contributed by atoms with Crippen LogP contribution in [-0.2, 0) is 0 Å². The molecule has 0 radical (unpaired) electrons. The van der Waals surface area contributed by atoms with Crippen LogP contribution < -0.4 is 10.6 Å². The van der Waals surface area contributed by atoms with E-state index in [2.05, 4.69) is 4.98 Å². The first-order valence-electron chi connectivity index (χ1n) is 5.38. The Labute approximate surface area is 108 Å². The van der Waals surface area contributed by atoms with Crippen LogP contribution in [0.4, 0.5) is 27.4 Å². The maximum absolute atomic E-state index is 13.2. The van der Waals surface area contributed by atoms with Gasteiger partial charge < -0.3 is 10.6 Å². The van der Waals surface area contributed by atoms with Gasteiger partial charge in [0.05, 0.1) is 17.1 Å². The molecule has 0 aliphatic rings. The summed E-state index contributed by atoms with van der Waals surface area (Å²) < 4.78 is 13.2. The highest BCUT2D eigenvalue weighted by Crippen LogP contribution is 2.26. The molecule has 1 aromatic heterocycles. The molecule has 19 heavy (non-hydrogen) atoms. The molecule has 0 saturated carbocycles. The van der Waals surface area contributed by atoms with Gasteiger partial charge in [0.15, 0.2) is 0 Å². The summed E-state index contributed by atoms with van der Waals surface area (Å²) in [5.74, 6) is -0.0903. The molecule has 98 valence electrons. The van der Waals surface area contributed by atoms with Crippen molar-refractivity contribution in [3.63, 3.8) is 0 Å². The molecule has 2 rings (SSSR count). The molecule has 0 amide bonds. The summed E-state index contributed by atoms with van der Waals surface area (Å²) in [5, 5.41) is 10.8. The maximum Gasteiger partial charge on any atom is 0.276 e. The van der Waals surface area contributed by atoms with Gasteiger partial charge in [-0.3, -0.25) is 10.1 Å². The van der Waals surface area contributed by atoms with E-state index in [4.69, 9.17) is 5.73 Å². The van der Waals surface area contributed by atoms with E-state index in [1.54, 1.807) is 19.2 Å². The Morgan fingerprint density at radius 2 is 2.11 bits per heavy atom. The van der Waals surface area contributed by atoms with Gasteiger partial charge in [0.2, 0.25) is 0 Å². The predicted molar refractivity (Wildman–Crippen MR) is 69.8 cm³/mol. The van der Waals surface area contributed by atoms with Crippen LogP contribution in [0.1, 0.15) is 0 Å². The number of nitrogens with two attached hydrogens (primary N) is 1. The van der Waals surface area contributed by atoms with Gasteiger partial charge in [0.25, 0.3) is 5.69 Å². The number of rotatable bonds is 3. The van der Waals surface area contributed by atoms with Crippen LogP contribution in [0, 0.1) is 15.9 Å². The average molecular weight is 262 g/mol. The van der Waals surface area contributed by atoms with Crippen LogP contribution in [-0.4, -0.2) is 17.0 Å². The minimum absolute atomic E-state index is 0.0347. The molecule has 1 aromatic carbocycles. The van der Waals surface area contributed by atoms with Crippen LogP contribution in [0.3, 0.4) is 0 Å². The highest BCUT2D eigenvalue weighted by Gasteiger charge is 2.13. The highest BCUT2D eigenvalue weighted by atomic mass is 19.1. The van der Waals surface area contributed by atoms with E-state index in [1.807, 2.05) is 0 Å². The van der Waals surface area contributed by atoms with Crippen LogP contribution in [0.25, 0.3) is 0 Å². The molecule has 0 unspecified atom stereocenters. The second-order valence-corrected chi connectivity index (χ2v) is 3.90. The lowest BCUT2D eigenvalue weighted by molar-refractivity contribution is -0.384. The van der Waals surface area contributed by atoms with Crippen molar-refractivity contribution in [2.45, 2.75) is 0 Å². The zero-order chi connectivity index (χ0) is 14.0. The van der Waals surface area contributed by atoms with Crippen molar-refractivity contribution >= 4 is 23.0 Å². The van der Waals surface area contributed by atoms with Gasteiger partial charge in [-0.15, -0.1) is 0 Å². The highest BCUT2D eigenvalue weighted by molar-refractivity contribution is 5.63. The number of anilines is 3. The lowest BCUT2D eigenvalue weighted by Gasteiger charge is -2.18. The number of nitrogen functional groups attached to an aromatic ring is 1. The van der Waals surface area contributed by atoms with E-state index in [9.17, 15) is 14.5 Å². The fraction of sp³-hybridized carbons (Fsp3) is 0.0833. The minimum Gasteiger partial charge on any atom is -0.383 e. The fourth-order valence-corrected chi connectivity index (χ4v) is 1.62. The van der Waals surface area contributed by atoms with Crippen LogP contribution >= 0.6 is 0 Å². The summed E-state index contributed by atoms with van der Waals surface area (Å²) in [6.07, 6.45) is 0. The first-order chi connectivity index (χ1) is 8.97. The van der Waals surface area contributed by atoms with Crippen molar-refractivity contribution in [2.75, 3.05) is 17.7 Å². The van der Waals surface area contributed by atoms with E-state index >= 15 is 0 Å². The number of nitro groups is 1. The second-order valence-electron chi connectivity index (χ2n) is 3.90. The van der Waals surface area contributed by atoms with Crippen LogP contribution in [0.5, 0.6) is 0 Å². The van der Waals surface area contributed by atoms with Crippen molar-refractivity contribution in [3.8, 4) is 0 Å². The molecule has 2 aromatic rings. The third kappa shape index (κ3) is 2.76. The summed E-state index contributed by atoms with van der Waals surface area (Å²) in [7, 11) is 1.63. The standard InChI is InChI=1S/C12H11FN4O2/c1-16(9-4-2-3-8(13)5-9)12-7-10(17(18)19)6-11(14)15-12/h2-7H,1H3,(H2,14,15). The lowest BCUT2D eigenvalue weighted by atomic mass is 10.2. The molecule has 7 heteroatoms. The van der Waals surface area contributed by atoms with E-state index < -0.39 is 10.7 Å². The molecule has 0 bridgehead atoms. The molecular weight excluding hydrogens is 251 g/mol. The number of halogens is 1. The van der Waals surface area contributed by atoms with Crippen molar-refractivity contribution in [2.24, 2.45) is 0 Å². The van der Waals surface area contributed by atoms with Gasteiger partial charge in [-0.25, -0.2) is 9.37 Å². The first kappa shape index (κ1) is 12.7. The van der Waals surface area contributed by atoms with Gasteiger partial charge in [0, 0.05) is 12.7 Å². The summed E-state index contributed by atoms with van der Waals surface area (Å²) in [6, 6.07) is 8.27. The van der Waals surface area contributed by atoms with Gasteiger partial charge >= 0.3 is 0 Å². The molecule has 0 atom stereocenters. The third-order valence-electron chi connectivity index (χ3n) is 2.57. The number of pyridine rings is 1. The average Bonchev–Trinajstić information content (AvgIpc) is 2.37. The first-order valence-corrected chi connectivity index (χ1v) is 5.38. The van der Waals surface area contributed by atoms with E-state index in [0.29, 0.717) is 5.69 Å². The van der Waals surface area contributed by atoms with Crippen molar-refractivity contribution in [1.29, 1.82) is 0 Å². The molecule has 6 nitrogen and oxygen atoms in total. The monoisotopic (exact) mass is 262 g/mol. The number of hydrogen-bond donors (Lipinski definition) is 1. The number of hydrogen-bond acceptors (Lipinski definition) is 5. The van der Waals surface area contributed by atoms with Gasteiger partial charge in [-0.2, -0.15) is 0 Å². The largest absolute Gasteiger partial charge is 0.383 e. The van der Waals surface area contributed by atoms with Gasteiger partial charge in [-0.05, 0) is 18.2 Å². The Kier molecular flexibility index (Phi) is 3.28. The van der Waals surface area contributed by atoms with Gasteiger partial charge in [0.1, 0.15) is 17.5 Å².